The Morgan fingerprint density at radius 1 is 1.23 bits per heavy atom. The molecule has 1 amide bonds. The van der Waals surface area contributed by atoms with Crippen molar-refractivity contribution in [1.82, 2.24) is 14.3 Å². The molecule has 4 rings (SSSR count). The predicted octanol–water partition coefficient (Wildman–Crippen LogP) is 4.62. The van der Waals surface area contributed by atoms with Crippen molar-refractivity contribution in [1.29, 1.82) is 0 Å². The van der Waals surface area contributed by atoms with Gasteiger partial charge in [-0.25, -0.2) is 4.98 Å². The Morgan fingerprint density at radius 2 is 1.90 bits per heavy atom. The third-order valence-electron chi connectivity index (χ3n) is 5.09. The fourth-order valence-electron chi connectivity index (χ4n) is 3.34. The first-order chi connectivity index (χ1) is 14.2. The van der Waals surface area contributed by atoms with Gasteiger partial charge in [0.15, 0.2) is 5.69 Å². The molecule has 1 aliphatic rings. The van der Waals surface area contributed by atoms with Gasteiger partial charge >= 0.3 is 6.18 Å². The molecule has 0 saturated heterocycles. The molecule has 1 saturated carbocycles. The van der Waals surface area contributed by atoms with Gasteiger partial charge in [-0.05, 0) is 64.5 Å². The van der Waals surface area contributed by atoms with E-state index < -0.39 is 21.9 Å². The molecule has 1 fully saturated rings. The fraction of sp³-hybridized carbons (Fsp3) is 0.286. The molecule has 3 aromatic rings. The number of nitrogens with zero attached hydrogens (tertiary/aromatic N) is 3. The maximum Gasteiger partial charge on any atom is 0.434 e. The predicted molar refractivity (Wildman–Crippen MR) is 109 cm³/mol. The van der Waals surface area contributed by atoms with Crippen molar-refractivity contribution in [2.45, 2.75) is 19.0 Å². The van der Waals surface area contributed by atoms with Crippen LogP contribution in [-0.2, 0) is 6.18 Å². The molecule has 2 heterocycles. The first-order valence-corrected chi connectivity index (χ1v) is 10.1. The van der Waals surface area contributed by atoms with Crippen molar-refractivity contribution >= 4 is 27.5 Å². The average molecular weight is 480 g/mol. The van der Waals surface area contributed by atoms with Gasteiger partial charge in [0, 0.05) is 30.9 Å². The van der Waals surface area contributed by atoms with Crippen LogP contribution in [0.3, 0.4) is 0 Å². The zero-order valence-electron chi connectivity index (χ0n) is 15.9. The van der Waals surface area contributed by atoms with Gasteiger partial charge in [-0.3, -0.25) is 14.0 Å². The standard InChI is InChI=1S/C21H17BrF3N3O2/c1-27(11-12-4-5-12)19(29)14-8-6-13(7-9-14)15-3-2-10-28-18(15)26-17(21(23,24)25)16(22)20(28)30/h2-3,6-10,12H,4-5,11H2,1H3. The fourth-order valence-corrected chi connectivity index (χ4v) is 3.84. The van der Waals surface area contributed by atoms with E-state index in [4.69, 9.17) is 0 Å². The molecular formula is C21H17BrF3N3O2. The lowest BCUT2D eigenvalue weighted by molar-refractivity contribution is -0.141. The molecule has 156 valence electrons. The minimum atomic E-state index is -4.78. The van der Waals surface area contributed by atoms with Crippen molar-refractivity contribution in [3.05, 3.63) is 68.7 Å². The van der Waals surface area contributed by atoms with Gasteiger partial charge in [0.1, 0.15) is 10.1 Å². The summed E-state index contributed by atoms with van der Waals surface area (Å²) in [4.78, 5) is 30.4. The van der Waals surface area contributed by atoms with E-state index >= 15 is 0 Å². The van der Waals surface area contributed by atoms with Crippen LogP contribution in [0, 0.1) is 5.92 Å². The number of carbonyl (C=O) groups is 1. The van der Waals surface area contributed by atoms with Gasteiger partial charge in [0.05, 0.1) is 0 Å². The second-order valence-corrected chi connectivity index (χ2v) is 8.19. The molecule has 0 atom stereocenters. The van der Waals surface area contributed by atoms with Crippen molar-refractivity contribution in [2.75, 3.05) is 13.6 Å². The van der Waals surface area contributed by atoms with E-state index in [2.05, 4.69) is 20.9 Å². The van der Waals surface area contributed by atoms with E-state index in [1.54, 1.807) is 48.3 Å². The Balaban J connectivity index is 1.75. The van der Waals surface area contributed by atoms with E-state index in [1.165, 1.54) is 6.20 Å². The molecule has 0 bridgehead atoms. The average Bonchev–Trinajstić information content (AvgIpc) is 3.53. The Labute approximate surface area is 178 Å². The second kappa shape index (κ2) is 7.54. The summed E-state index contributed by atoms with van der Waals surface area (Å²) in [5.41, 5.74) is -0.820. The number of carbonyl (C=O) groups excluding carboxylic acids is 1. The molecule has 2 aromatic heterocycles. The molecule has 0 unspecified atom stereocenters. The minimum Gasteiger partial charge on any atom is -0.341 e. The van der Waals surface area contributed by atoms with Crippen LogP contribution < -0.4 is 5.56 Å². The molecular weight excluding hydrogens is 463 g/mol. The molecule has 1 aliphatic carbocycles. The smallest absolute Gasteiger partial charge is 0.341 e. The van der Waals surface area contributed by atoms with Crippen LogP contribution in [-0.4, -0.2) is 33.8 Å². The number of hydrogen-bond donors (Lipinski definition) is 0. The summed E-state index contributed by atoms with van der Waals surface area (Å²) in [5.74, 6) is 0.462. The third-order valence-corrected chi connectivity index (χ3v) is 5.80. The summed E-state index contributed by atoms with van der Waals surface area (Å²) in [6.45, 7) is 0.714. The summed E-state index contributed by atoms with van der Waals surface area (Å²) < 4.78 is 40.4. The number of amides is 1. The van der Waals surface area contributed by atoms with E-state index in [-0.39, 0.29) is 11.6 Å². The molecule has 0 N–H and O–H groups in total. The van der Waals surface area contributed by atoms with Crippen LogP contribution in [0.15, 0.2) is 51.9 Å². The molecule has 1 aromatic carbocycles. The van der Waals surface area contributed by atoms with E-state index in [1.807, 2.05) is 0 Å². The van der Waals surface area contributed by atoms with E-state index in [9.17, 15) is 22.8 Å². The van der Waals surface area contributed by atoms with Crippen molar-refractivity contribution < 1.29 is 18.0 Å². The highest BCUT2D eigenvalue weighted by molar-refractivity contribution is 9.10. The maximum atomic E-state index is 13.3. The van der Waals surface area contributed by atoms with Crippen LogP contribution in [0.25, 0.3) is 16.8 Å². The van der Waals surface area contributed by atoms with Gasteiger partial charge in [0.2, 0.25) is 0 Å². The van der Waals surface area contributed by atoms with E-state index in [0.29, 0.717) is 29.2 Å². The first-order valence-electron chi connectivity index (χ1n) is 9.31. The van der Waals surface area contributed by atoms with Gasteiger partial charge < -0.3 is 4.90 Å². The Hall–Kier alpha value is -2.68. The van der Waals surface area contributed by atoms with Crippen molar-refractivity contribution in [3.8, 4) is 11.1 Å². The van der Waals surface area contributed by atoms with Gasteiger partial charge in [-0.2, -0.15) is 13.2 Å². The molecule has 0 spiro atoms. The van der Waals surface area contributed by atoms with Crippen LogP contribution in [0.1, 0.15) is 28.9 Å². The third kappa shape index (κ3) is 3.86. The number of hydrogen-bond acceptors (Lipinski definition) is 3. The number of fused-ring (bicyclic) bond motifs is 1. The summed E-state index contributed by atoms with van der Waals surface area (Å²) in [7, 11) is 1.76. The second-order valence-electron chi connectivity index (χ2n) is 7.40. The zero-order chi connectivity index (χ0) is 21.6. The zero-order valence-corrected chi connectivity index (χ0v) is 17.5. The summed E-state index contributed by atoms with van der Waals surface area (Å²) in [6.07, 6.45) is -1.13. The number of aromatic nitrogens is 2. The molecule has 30 heavy (non-hydrogen) atoms. The van der Waals surface area contributed by atoms with Crippen LogP contribution in [0.2, 0.25) is 0 Å². The van der Waals surface area contributed by atoms with Crippen LogP contribution in [0.5, 0.6) is 0 Å². The number of alkyl halides is 3. The summed E-state index contributed by atoms with van der Waals surface area (Å²) in [6, 6.07) is 9.71. The Bertz CT molecular complexity index is 1190. The quantitative estimate of drug-likeness (QED) is 0.548. The monoisotopic (exact) mass is 479 g/mol. The highest BCUT2D eigenvalue weighted by Crippen LogP contribution is 2.33. The Morgan fingerprint density at radius 3 is 2.50 bits per heavy atom. The number of pyridine rings is 1. The van der Waals surface area contributed by atoms with Crippen LogP contribution in [0.4, 0.5) is 13.2 Å². The first kappa shape index (κ1) is 20.6. The lowest BCUT2D eigenvalue weighted by Crippen LogP contribution is -2.28. The maximum absolute atomic E-state index is 13.3. The normalized spacial score (nSPS) is 14.2. The number of benzene rings is 1. The van der Waals surface area contributed by atoms with Gasteiger partial charge in [-0.15, -0.1) is 0 Å². The largest absolute Gasteiger partial charge is 0.434 e. The SMILES string of the molecule is CN(CC1CC1)C(=O)c1ccc(-c2cccn3c(=O)c(Br)c(C(F)(F)F)nc23)cc1. The minimum absolute atomic E-state index is 0.107. The van der Waals surface area contributed by atoms with Crippen molar-refractivity contribution in [2.24, 2.45) is 5.92 Å². The summed E-state index contributed by atoms with van der Waals surface area (Å²) >= 11 is 2.72. The van der Waals surface area contributed by atoms with Gasteiger partial charge in [-0.1, -0.05) is 12.1 Å². The van der Waals surface area contributed by atoms with Crippen molar-refractivity contribution in [3.63, 3.8) is 0 Å². The lowest BCUT2D eigenvalue weighted by Gasteiger charge is -2.17. The topological polar surface area (TPSA) is 54.7 Å². The number of halogens is 4. The Kier molecular flexibility index (Phi) is 5.17. The highest BCUT2D eigenvalue weighted by atomic mass is 79.9. The number of rotatable bonds is 4. The lowest BCUT2D eigenvalue weighted by atomic mass is 10.0. The molecule has 0 radical (unpaired) electrons. The molecule has 5 nitrogen and oxygen atoms in total. The highest BCUT2D eigenvalue weighted by Gasteiger charge is 2.37. The van der Waals surface area contributed by atoms with E-state index in [0.717, 1.165) is 17.2 Å². The van der Waals surface area contributed by atoms with Gasteiger partial charge in [0.25, 0.3) is 11.5 Å². The molecule has 9 heteroatoms. The summed E-state index contributed by atoms with van der Waals surface area (Å²) in [5, 5.41) is 0. The molecule has 0 aliphatic heterocycles. The van der Waals surface area contributed by atoms with Crippen LogP contribution >= 0.6 is 15.9 Å².